The lowest BCUT2D eigenvalue weighted by molar-refractivity contribution is -0.153. The lowest BCUT2D eigenvalue weighted by Gasteiger charge is -2.42. The molecule has 5 heteroatoms. The van der Waals surface area contributed by atoms with E-state index in [9.17, 15) is 19.4 Å². The Balaban J connectivity index is 2.48. The Morgan fingerprint density at radius 2 is 2.18 bits per heavy atom. The minimum atomic E-state index is -1.15. The minimum Gasteiger partial charge on any atom is -0.496 e. The normalized spacial score (nSPS) is 27.4. The third kappa shape index (κ3) is 1.76. The van der Waals surface area contributed by atoms with Crippen LogP contribution in [0.2, 0.25) is 0 Å². The molecule has 0 amide bonds. The molecule has 0 bridgehead atoms. The van der Waals surface area contributed by atoms with Crippen molar-refractivity contribution in [3.63, 3.8) is 0 Å². The molecule has 2 rings (SSSR count). The van der Waals surface area contributed by atoms with Gasteiger partial charge in [-0.15, -0.1) is 0 Å². The Morgan fingerprint density at radius 3 is 2.65 bits per heavy atom. The number of aliphatic hydroxyl groups is 1. The van der Waals surface area contributed by atoms with E-state index >= 15 is 0 Å². The fourth-order valence-electron chi connectivity index (χ4n) is 2.31. The van der Waals surface area contributed by atoms with Crippen LogP contribution in [0.5, 0.6) is 5.75 Å². The van der Waals surface area contributed by atoms with Gasteiger partial charge in [-0.25, -0.2) is 4.39 Å². The van der Waals surface area contributed by atoms with E-state index in [2.05, 4.69) is 0 Å². The van der Waals surface area contributed by atoms with Gasteiger partial charge in [0.25, 0.3) is 0 Å². The van der Waals surface area contributed by atoms with Gasteiger partial charge in [0.05, 0.1) is 13.2 Å². The molecule has 1 fully saturated rings. The number of hydrogen-bond donors (Lipinski definition) is 2. The average molecular weight is 240 g/mol. The maximum Gasteiger partial charge on any atom is 0.314 e. The van der Waals surface area contributed by atoms with Gasteiger partial charge < -0.3 is 14.9 Å². The average Bonchev–Trinajstić information content (AvgIpc) is 2.24. The summed E-state index contributed by atoms with van der Waals surface area (Å²) in [5.74, 6) is -1.29. The molecule has 0 aromatic heterocycles. The lowest BCUT2D eigenvalue weighted by atomic mass is 9.62. The molecule has 0 heterocycles. The van der Waals surface area contributed by atoms with E-state index in [-0.39, 0.29) is 18.6 Å². The third-order valence-electron chi connectivity index (χ3n) is 3.26. The van der Waals surface area contributed by atoms with Crippen LogP contribution in [-0.4, -0.2) is 29.4 Å². The molecule has 0 unspecified atom stereocenters. The summed E-state index contributed by atoms with van der Waals surface area (Å²) >= 11 is 0. The molecule has 0 atom stereocenters. The molecule has 0 spiro atoms. The van der Waals surface area contributed by atoms with E-state index in [1.54, 1.807) is 0 Å². The second kappa shape index (κ2) is 4.00. The van der Waals surface area contributed by atoms with Gasteiger partial charge >= 0.3 is 5.97 Å². The molecule has 1 saturated carbocycles. The summed E-state index contributed by atoms with van der Waals surface area (Å²) in [4.78, 5) is 11.3. The summed E-state index contributed by atoms with van der Waals surface area (Å²) in [5, 5.41) is 18.6. The first kappa shape index (κ1) is 11.9. The number of ether oxygens (including phenoxy) is 1. The van der Waals surface area contributed by atoms with Crippen LogP contribution in [0.4, 0.5) is 4.39 Å². The van der Waals surface area contributed by atoms with E-state index in [0.717, 1.165) is 6.07 Å². The van der Waals surface area contributed by atoms with E-state index in [1.165, 1.54) is 19.2 Å². The third-order valence-corrected chi connectivity index (χ3v) is 3.26. The number of carbonyl (C=O) groups is 1. The molecule has 2 N–H and O–H groups in total. The van der Waals surface area contributed by atoms with Crippen molar-refractivity contribution in [2.24, 2.45) is 0 Å². The molecule has 1 aromatic rings. The van der Waals surface area contributed by atoms with Gasteiger partial charge in [0.1, 0.15) is 17.0 Å². The standard InChI is InChI=1S/C12H13FO4/c1-17-10-4-7(13)2-3-9(10)12(11(15)16)5-8(14)6-12/h2-4,8,14H,5-6H2,1H3,(H,15,16). The maximum atomic E-state index is 13.0. The van der Waals surface area contributed by atoms with Gasteiger partial charge in [-0.2, -0.15) is 0 Å². The Bertz CT molecular complexity index is 452. The molecular weight excluding hydrogens is 227 g/mol. The van der Waals surface area contributed by atoms with Crippen molar-refractivity contribution < 1.29 is 24.1 Å². The number of methoxy groups -OCH3 is 1. The van der Waals surface area contributed by atoms with E-state index < -0.39 is 23.3 Å². The first-order valence-electron chi connectivity index (χ1n) is 5.25. The minimum absolute atomic E-state index is 0.129. The molecule has 1 aliphatic carbocycles. The molecule has 1 aromatic carbocycles. The van der Waals surface area contributed by atoms with Crippen LogP contribution in [-0.2, 0) is 10.2 Å². The summed E-state index contributed by atoms with van der Waals surface area (Å²) in [5.41, 5.74) is -0.738. The first-order valence-corrected chi connectivity index (χ1v) is 5.25. The summed E-state index contributed by atoms with van der Waals surface area (Å²) < 4.78 is 18.1. The summed E-state index contributed by atoms with van der Waals surface area (Å²) in [6.07, 6.45) is -0.366. The van der Waals surface area contributed by atoms with Gasteiger partial charge in [-0.1, -0.05) is 6.07 Å². The fourth-order valence-corrected chi connectivity index (χ4v) is 2.31. The van der Waals surface area contributed by atoms with Crippen molar-refractivity contribution in [2.75, 3.05) is 7.11 Å². The number of hydrogen-bond acceptors (Lipinski definition) is 3. The first-order chi connectivity index (χ1) is 7.99. The summed E-state index contributed by atoms with van der Waals surface area (Å²) in [6.45, 7) is 0. The quantitative estimate of drug-likeness (QED) is 0.836. The highest BCUT2D eigenvalue weighted by molar-refractivity contribution is 5.84. The van der Waals surface area contributed by atoms with Crippen LogP contribution in [0.15, 0.2) is 18.2 Å². The highest BCUT2D eigenvalue weighted by Crippen LogP contribution is 2.47. The predicted octanol–water partition coefficient (Wildman–Crippen LogP) is 1.31. The Morgan fingerprint density at radius 1 is 1.53 bits per heavy atom. The molecular formula is C12H13FO4. The number of carboxylic acid groups (broad SMARTS) is 1. The largest absolute Gasteiger partial charge is 0.496 e. The van der Waals surface area contributed by atoms with Crippen LogP contribution in [0.3, 0.4) is 0 Å². The van der Waals surface area contributed by atoms with E-state index in [0.29, 0.717) is 5.56 Å². The molecule has 0 radical (unpaired) electrons. The van der Waals surface area contributed by atoms with Gasteiger partial charge in [-0.3, -0.25) is 4.79 Å². The van der Waals surface area contributed by atoms with Gasteiger partial charge in [0.15, 0.2) is 0 Å². The highest BCUT2D eigenvalue weighted by atomic mass is 19.1. The van der Waals surface area contributed by atoms with Crippen molar-refractivity contribution in [3.05, 3.63) is 29.6 Å². The molecule has 1 aliphatic rings. The van der Waals surface area contributed by atoms with Crippen molar-refractivity contribution in [1.29, 1.82) is 0 Å². The zero-order valence-electron chi connectivity index (χ0n) is 9.31. The van der Waals surface area contributed by atoms with Crippen LogP contribution in [0.1, 0.15) is 18.4 Å². The smallest absolute Gasteiger partial charge is 0.314 e. The van der Waals surface area contributed by atoms with Gasteiger partial charge in [-0.05, 0) is 18.9 Å². The summed E-state index contributed by atoms with van der Waals surface area (Å²) in [6, 6.07) is 3.77. The Hall–Kier alpha value is -1.62. The number of rotatable bonds is 3. The predicted molar refractivity (Wildman–Crippen MR) is 57.5 cm³/mol. The highest BCUT2D eigenvalue weighted by Gasteiger charge is 2.52. The maximum absolute atomic E-state index is 13.0. The van der Waals surface area contributed by atoms with Crippen LogP contribution in [0.25, 0.3) is 0 Å². The monoisotopic (exact) mass is 240 g/mol. The number of carboxylic acids is 1. The van der Waals surface area contributed by atoms with Crippen LogP contribution >= 0.6 is 0 Å². The molecule has 17 heavy (non-hydrogen) atoms. The van der Waals surface area contributed by atoms with Crippen molar-refractivity contribution in [1.82, 2.24) is 0 Å². The van der Waals surface area contributed by atoms with Crippen LogP contribution in [0, 0.1) is 5.82 Å². The molecule has 4 nitrogen and oxygen atoms in total. The zero-order valence-corrected chi connectivity index (χ0v) is 9.31. The van der Waals surface area contributed by atoms with E-state index in [1.807, 2.05) is 0 Å². The zero-order chi connectivity index (χ0) is 12.6. The second-order valence-corrected chi connectivity index (χ2v) is 4.29. The fraction of sp³-hybridized carbons (Fsp3) is 0.417. The van der Waals surface area contributed by atoms with E-state index in [4.69, 9.17) is 4.74 Å². The Kier molecular flexibility index (Phi) is 2.79. The summed E-state index contributed by atoms with van der Waals surface area (Å²) in [7, 11) is 1.36. The number of benzene rings is 1. The van der Waals surface area contributed by atoms with Crippen molar-refractivity contribution >= 4 is 5.97 Å². The second-order valence-electron chi connectivity index (χ2n) is 4.29. The number of halogens is 1. The Labute approximate surface area is 97.6 Å². The van der Waals surface area contributed by atoms with Gasteiger partial charge in [0, 0.05) is 11.6 Å². The molecule has 92 valence electrons. The number of aliphatic hydroxyl groups excluding tert-OH is 1. The molecule has 0 aliphatic heterocycles. The van der Waals surface area contributed by atoms with Crippen molar-refractivity contribution in [2.45, 2.75) is 24.4 Å². The topological polar surface area (TPSA) is 66.8 Å². The van der Waals surface area contributed by atoms with Gasteiger partial charge in [0.2, 0.25) is 0 Å². The lowest BCUT2D eigenvalue weighted by Crippen LogP contribution is -2.50. The SMILES string of the molecule is COc1cc(F)ccc1C1(C(=O)O)CC(O)C1. The van der Waals surface area contributed by atoms with Crippen LogP contribution < -0.4 is 4.74 Å². The van der Waals surface area contributed by atoms with Crippen molar-refractivity contribution in [3.8, 4) is 5.75 Å². The number of aliphatic carboxylic acids is 1. The molecule has 0 saturated heterocycles.